The fourth-order valence-corrected chi connectivity index (χ4v) is 5.50. The van der Waals surface area contributed by atoms with Gasteiger partial charge < -0.3 is 13.4 Å². The molecule has 5 aromatic carbocycles. The molecule has 0 aliphatic carbocycles. The second-order valence-corrected chi connectivity index (χ2v) is 8.96. The number of furan rings is 2. The molecule has 3 aromatic heterocycles. The van der Waals surface area contributed by atoms with Crippen molar-refractivity contribution in [3.63, 3.8) is 0 Å². The molecule has 0 radical (unpaired) electrons. The van der Waals surface area contributed by atoms with Crippen LogP contribution in [-0.2, 0) is 0 Å². The van der Waals surface area contributed by atoms with Gasteiger partial charge in [-0.2, -0.15) is 0 Å². The number of hydrogen-bond acceptors (Lipinski definition) is 2. The highest BCUT2D eigenvalue weighted by Crippen LogP contribution is 2.42. The Balaban J connectivity index is 1.44. The first kappa shape index (κ1) is 18.6. The standard InChI is InChI=1S/C32H19NO2/c1-2-9-21(10-3-1)33-26-14-6-4-11-23(26)32-31(33)25-18-17-20(19-29(25)35-32)22-13-8-16-28-30(22)24-12-5-7-15-27(24)34-28/h1-19H. The summed E-state index contributed by atoms with van der Waals surface area (Å²) in [6, 6.07) is 39.9. The first-order chi connectivity index (χ1) is 17.4. The predicted octanol–water partition coefficient (Wildman–Crippen LogP) is 9.10. The summed E-state index contributed by atoms with van der Waals surface area (Å²) in [6.07, 6.45) is 0. The van der Waals surface area contributed by atoms with Crippen molar-refractivity contribution in [1.29, 1.82) is 0 Å². The largest absolute Gasteiger partial charge is 0.456 e. The normalized spacial score (nSPS) is 12.0. The molecular weight excluding hydrogens is 430 g/mol. The Hall–Kier alpha value is -4.76. The van der Waals surface area contributed by atoms with Crippen molar-refractivity contribution in [2.75, 3.05) is 0 Å². The lowest BCUT2D eigenvalue weighted by Gasteiger charge is -2.07. The minimum absolute atomic E-state index is 0.882. The predicted molar refractivity (Wildman–Crippen MR) is 143 cm³/mol. The summed E-state index contributed by atoms with van der Waals surface area (Å²) in [7, 11) is 0. The molecule has 164 valence electrons. The van der Waals surface area contributed by atoms with E-state index in [1.54, 1.807) is 0 Å². The van der Waals surface area contributed by atoms with Crippen molar-refractivity contribution < 1.29 is 8.83 Å². The molecule has 0 spiro atoms. The van der Waals surface area contributed by atoms with Gasteiger partial charge in [-0.15, -0.1) is 0 Å². The van der Waals surface area contributed by atoms with E-state index in [9.17, 15) is 0 Å². The molecule has 0 amide bonds. The van der Waals surface area contributed by atoms with E-state index in [1.807, 2.05) is 24.3 Å². The lowest BCUT2D eigenvalue weighted by Crippen LogP contribution is -1.92. The van der Waals surface area contributed by atoms with E-state index in [2.05, 4.69) is 95.6 Å². The van der Waals surface area contributed by atoms with Gasteiger partial charge in [0.05, 0.1) is 5.52 Å². The van der Waals surface area contributed by atoms with Crippen LogP contribution in [0.25, 0.3) is 71.7 Å². The fourth-order valence-electron chi connectivity index (χ4n) is 5.50. The maximum atomic E-state index is 6.57. The summed E-state index contributed by atoms with van der Waals surface area (Å²) in [4.78, 5) is 0. The molecule has 0 atom stereocenters. The quantitative estimate of drug-likeness (QED) is 0.263. The highest BCUT2D eigenvalue weighted by Gasteiger charge is 2.20. The highest BCUT2D eigenvalue weighted by molar-refractivity contribution is 6.18. The van der Waals surface area contributed by atoms with Crippen molar-refractivity contribution in [1.82, 2.24) is 4.57 Å². The zero-order chi connectivity index (χ0) is 22.9. The third kappa shape index (κ3) is 2.55. The Morgan fingerprint density at radius 2 is 1.29 bits per heavy atom. The molecule has 0 saturated heterocycles. The van der Waals surface area contributed by atoms with Crippen LogP contribution >= 0.6 is 0 Å². The average Bonchev–Trinajstić information content (AvgIpc) is 3.57. The number of hydrogen-bond donors (Lipinski definition) is 0. The first-order valence-corrected chi connectivity index (χ1v) is 11.8. The molecular formula is C32H19NO2. The summed E-state index contributed by atoms with van der Waals surface area (Å²) < 4.78 is 15.0. The third-order valence-electron chi connectivity index (χ3n) is 7.00. The molecule has 0 N–H and O–H groups in total. The van der Waals surface area contributed by atoms with Crippen LogP contribution in [0.15, 0.2) is 124 Å². The van der Waals surface area contributed by atoms with Crippen LogP contribution in [-0.4, -0.2) is 4.57 Å². The van der Waals surface area contributed by atoms with Crippen molar-refractivity contribution in [3.05, 3.63) is 115 Å². The Morgan fingerprint density at radius 1 is 0.514 bits per heavy atom. The maximum absolute atomic E-state index is 6.57. The van der Waals surface area contributed by atoms with E-state index >= 15 is 0 Å². The van der Waals surface area contributed by atoms with E-state index in [-0.39, 0.29) is 0 Å². The molecule has 3 heteroatoms. The molecule has 3 nitrogen and oxygen atoms in total. The van der Waals surface area contributed by atoms with E-state index in [0.29, 0.717) is 0 Å². The summed E-state index contributed by atoms with van der Waals surface area (Å²) >= 11 is 0. The average molecular weight is 450 g/mol. The zero-order valence-electron chi connectivity index (χ0n) is 18.7. The van der Waals surface area contributed by atoms with Crippen LogP contribution < -0.4 is 0 Å². The van der Waals surface area contributed by atoms with Crippen LogP contribution in [0.4, 0.5) is 0 Å². The number of nitrogens with zero attached hydrogens (tertiary/aromatic N) is 1. The van der Waals surface area contributed by atoms with Gasteiger partial charge in [0.25, 0.3) is 0 Å². The van der Waals surface area contributed by atoms with Gasteiger partial charge in [-0.1, -0.05) is 66.7 Å². The second-order valence-electron chi connectivity index (χ2n) is 8.96. The second kappa shape index (κ2) is 6.87. The third-order valence-corrected chi connectivity index (χ3v) is 7.00. The lowest BCUT2D eigenvalue weighted by molar-refractivity contribution is 0.669. The molecule has 0 saturated carbocycles. The van der Waals surface area contributed by atoms with Crippen molar-refractivity contribution in [3.8, 4) is 16.8 Å². The Kier molecular flexibility index (Phi) is 3.66. The van der Waals surface area contributed by atoms with Gasteiger partial charge in [0.2, 0.25) is 0 Å². The van der Waals surface area contributed by atoms with Gasteiger partial charge in [-0.3, -0.25) is 0 Å². The van der Waals surface area contributed by atoms with Gasteiger partial charge in [0, 0.05) is 27.2 Å². The zero-order valence-corrected chi connectivity index (χ0v) is 18.7. The molecule has 8 rings (SSSR count). The number of para-hydroxylation sites is 3. The number of aromatic nitrogens is 1. The molecule has 0 unspecified atom stereocenters. The van der Waals surface area contributed by atoms with Crippen LogP contribution in [0.5, 0.6) is 0 Å². The Morgan fingerprint density at radius 3 is 2.20 bits per heavy atom. The van der Waals surface area contributed by atoms with Gasteiger partial charge in [-0.05, 0) is 59.7 Å². The Labute approximate surface area is 200 Å². The summed E-state index contributed by atoms with van der Waals surface area (Å²) in [5, 5.41) is 4.49. The SMILES string of the molecule is c1ccc(-n2c3ccccc3c3oc4cc(-c5cccc6oc7ccccc7c56)ccc4c32)cc1. The topological polar surface area (TPSA) is 31.2 Å². The molecule has 0 fully saturated rings. The summed E-state index contributed by atoms with van der Waals surface area (Å²) in [5.74, 6) is 0. The van der Waals surface area contributed by atoms with Crippen LogP contribution in [0.3, 0.4) is 0 Å². The number of fused-ring (bicyclic) bond motifs is 8. The van der Waals surface area contributed by atoms with Crippen LogP contribution in [0, 0.1) is 0 Å². The van der Waals surface area contributed by atoms with E-state index < -0.39 is 0 Å². The monoisotopic (exact) mass is 449 g/mol. The minimum atomic E-state index is 0.882. The van der Waals surface area contributed by atoms with Gasteiger partial charge in [0.15, 0.2) is 5.58 Å². The Bertz CT molecular complexity index is 2050. The maximum Gasteiger partial charge on any atom is 0.161 e. The minimum Gasteiger partial charge on any atom is -0.456 e. The summed E-state index contributed by atoms with van der Waals surface area (Å²) in [6.45, 7) is 0. The van der Waals surface area contributed by atoms with Gasteiger partial charge in [-0.25, -0.2) is 0 Å². The van der Waals surface area contributed by atoms with Gasteiger partial charge in [0.1, 0.15) is 22.3 Å². The van der Waals surface area contributed by atoms with E-state index in [1.165, 1.54) is 0 Å². The van der Waals surface area contributed by atoms with Crippen molar-refractivity contribution in [2.45, 2.75) is 0 Å². The molecule has 3 heterocycles. The number of rotatable bonds is 2. The van der Waals surface area contributed by atoms with Crippen molar-refractivity contribution >= 4 is 54.9 Å². The first-order valence-electron chi connectivity index (χ1n) is 11.8. The lowest BCUT2D eigenvalue weighted by atomic mass is 9.99. The molecule has 0 aliphatic rings. The van der Waals surface area contributed by atoms with Crippen LogP contribution in [0.1, 0.15) is 0 Å². The van der Waals surface area contributed by atoms with E-state index in [4.69, 9.17) is 8.83 Å². The molecule has 0 bridgehead atoms. The van der Waals surface area contributed by atoms with Gasteiger partial charge >= 0.3 is 0 Å². The molecule has 0 aliphatic heterocycles. The smallest absolute Gasteiger partial charge is 0.161 e. The highest BCUT2D eigenvalue weighted by atomic mass is 16.3. The van der Waals surface area contributed by atoms with Crippen molar-refractivity contribution in [2.24, 2.45) is 0 Å². The van der Waals surface area contributed by atoms with Crippen LogP contribution in [0.2, 0.25) is 0 Å². The molecule has 8 aromatic rings. The van der Waals surface area contributed by atoms with E-state index in [0.717, 1.165) is 71.7 Å². The summed E-state index contributed by atoms with van der Waals surface area (Å²) in [5.41, 5.74) is 9.24. The molecule has 35 heavy (non-hydrogen) atoms. The number of benzene rings is 5. The fraction of sp³-hybridized carbons (Fsp3) is 0.